The van der Waals surface area contributed by atoms with Gasteiger partial charge in [-0.3, -0.25) is 4.79 Å². The number of nitrogens with zero attached hydrogens (tertiary/aromatic N) is 3. The molecule has 0 spiro atoms. The summed E-state index contributed by atoms with van der Waals surface area (Å²) in [5, 5.41) is 4.57. The number of hydrogen-bond donors (Lipinski definition) is 1. The minimum absolute atomic E-state index is 0.103. The fourth-order valence-electron chi connectivity index (χ4n) is 3.35. The van der Waals surface area contributed by atoms with Gasteiger partial charge < -0.3 is 15.4 Å². The molecule has 2 heterocycles. The van der Waals surface area contributed by atoms with Gasteiger partial charge in [0.05, 0.1) is 17.1 Å². The number of nitrogens with two attached hydrogens (primary N) is 1. The monoisotopic (exact) mass is 482 g/mol. The number of halogens is 3. The predicted molar refractivity (Wildman–Crippen MR) is 111 cm³/mol. The van der Waals surface area contributed by atoms with Crippen molar-refractivity contribution in [3.63, 3.8) is 0 Å². The molecule has 1 atom stereocenters. The van der Waals surface area contributed by atoms with E-state index in [2.05, 4.69) is 9.84 Å². The molecule has 12 heteroatoms. The van der Waals surface area contributed by atoms with Gasteiger partial charge in [0.15, 0.2) is 0 Å². The lowest BCUT2D eigenvalue weighted by molar-refractivity contribution is -0.133. The summed E-state index contributed by atoms with van der Waals surface area (Å²) >= 11 is 5.96. The summed E-state index contributed by atoms with van der Waals surface area (Å²) in [6.07, 6.45) is 1.33. The van der Waals surface area contributed by atoms with Crippen LogP contribution in [0.4, 0.5) is 8.78 Å². The molecule has 8 nitrogen and oxygen atoms in total. The zero-order valence-corrected chi connectivity index (χ0v) is 17.9. The molecule has 0 saturated heterocycles. The SMILES string of the molecule is N[C@@H](C(=O)N1Cc2cn(S(=O)(=O)c3ccc(OC(F)F)cc3)nc2C1)c1cccc(Cl)c1. The predicted octanol–water partition coefficient (Wildman–Crippen LogP) is 2.92. The van der Waals surface area contributed by atoms with Gasteiger partial charge >= 0.3 is 6.61 Å². The first-order valence-electron chi connectivity index (χ1n) is 9.33. The molecule has 0 radical (unpaired) electrons. The number of carbonyl (C=O) groups excluding carboxylic acids is 1. The highest BCUT2D eigenvalue weighted by Gasteiger charge is 2.32. The molecule has 0 saturated carbocycles. The van der Waals surface area contributed by atoms with Crippen molar-refractivity contribution in [3.8, 4) is 5.75 Å². The zero-order chi connectivity index (χ0) is 23.0. The molecular formula is C20H17ClF2N4O4S. The first-order valence-corrected chi connectivity index (χ1v) is 11.1. The third-order valence-corrected chi connectivity index (χ3v) is 6.72. The number of benzene rings is 2. The van der Waals surface area contributed by atoms with Crippen molar-refractivity contribution in [2.45, 2.75) is 30.6 Å². The lowest BCUT2D eigenvalue weighted by Crippen LogP contribution is -2.35. The normalized spacial score (nSPS) is 14.5. The van der Waals surface area contributed by atoms with Crippen LogP contribution in [0.15, 0.2) is 59.6 Å². The number of alkyl halides is 2. The minimum atomic E-state index is -4.04. The van der Waals surface area contributed by atoms with Crippen molar-refractivity contribution in [3.05, 3.63) is 76.6 Å². The van der Waals surface area contributed by atoms with Crippen molar-refractivity contribution in [1.29, 1.82) is 0 Å². The second-order valence-electron chi connectivity index (χ2n) is 7.06. The van der Waals surface area contributed by atoms with Crippen LogP contribution in [-0.2, 0) is 27.9 Å². The lowest BCUT2D eigenvalue weighted by atomic mass is 10.1. The van der Waals surface area contributed by atoms with Crippen LogP contribution in [0.25, 0.3) is 0 Å². The molecule has 168 valence electrons. The van der Waals surface area contributed by atoms with Crippen LogP contribution in [0, 0.1) is 0 Å². The van der Waals surface area contributed by atoms with Crippen molar-refractivity contribution < 1.29 is 26.7 Å². The number of carbonyl (C=O) groups is 1. The van der Waals surface area contributed by atoms with E-state index in [1.165, 1.54) is 11.1 Å². The molecule has 2 N–H and O–H groups in total. The fourth-order valence-corrected chi connectivity index (χ4v) is 4.71. The van der Waals surface area contributed by atoms with Crippen LogP contribution in [0.5, 0.6) is 5.75 Å². The van der Waals surface area contributed by atoms with Crippen molar-refractivity contribution in [2.75, 3.05) is 0 Å². The average Bonchev–Trinajstić information content (AvgIpc) is 3.32. The maximum atomic E-state index is 12.8. The summed E-state index contributed by atoms with van der Waals surface area (Å²) in [5.41, 5.74) is 7.64. The van der Waals surface area contributed by atoms with Crippen LogP contribution in [0.1, 0.15) is 22.9 Å². The number of hydrogen-bond acceptors (Lipinski definition) is 6. The van der Waals surface area contributed by atoms with E-state index in [1.54, 1.807) is 24.3 Å². The molecule has 1 aliphatic heterocycles. The minimum Gasteiger partial charge on any atom is -0.435 e. The van der Waals surface area contributed by atoms with Gasteiger partial charge in [0.25, 0.3) is 10.0 Å². The molecule has 1 aromatic heterocycles. The summed E-state index contributed by atoms with van der Waals surface area (Å²) in [7, 11) is -4.04. The van der Waals surface area contributed by atoms with E-state index in [0.717, 1.165) is 28.4 Å². The third kappa shape index (κ3) is 4.31. The average molecular weight is 483 g/mol. The number of aromatic nitrogens is 2. The molecule has 0 bridgehead atoms. The van der Waals surface area contributed by atoms with Crippen LogP contribution in [0.3, 0.4) is 0 Å². The highest BCUT2D eigenvalue weighted by Crippen LogP contribution is 2.27. The van der Waals surface area contributed by atoms with Crippen molar-refractivity contribution in [2.24, 2.45) is 5.73 Å². The van der Waals surface area contributed by atoms with E-state index >= 15 is 0 Å². The topological polar surface area (TPSA) is 108 Å². The third-order valence-electron chi connectivity index (χ3n) is 4.94. The van der Waals surface area contributed by atoms with Crippen molar-refractivity contribution >= 4 is 27.5 Å². The van der Waals surface area contributed by atoms with Gasteiger partial charge in [-0.25, -0.2) is 0 Å². The Morgan fingerprint density at radius 2 is 1.88 bits per heavy atom. The second-order valence-corrected chi connectivity index (χ2v) is 9.29. The lowest BCUT2D eigenvalue weighted by Gasteiger charge is -2.20. The summed E-state index contributed by atoms with van der Waals surface area (Å²) in [5.74, 6) is -0.499. The van der Waals surface area contributed by atoms with Crippen LogP contribution in [-0.4, -0.2) is 35.0 Å². The summed E-state index contributed by atoms with van der Waals surface area (Å²) in [6, 6.07) is 10.3. The van der Waals surface area contributed by atoms with E-state index in [4.69, 9.17) is 17.3 Å². The Morgan fingerprint density at radius 3 is 2.50 bits per heavy atom. The summed E-state index contributed by atoms with van der Waals surface area (Å²) in [4.78, 5) is 14.1. The maximum absolute atomic E-state index is 12.8. The number of fused-ring (bicyclic) bond motifs is 1. The highest BCUT2D eigenvalue weighted by molar-refractivity contribution is 7.89. The second kappa shape index (κ2) is 8.49. The van der Waals surface area contributed by atoms with Crippen LogP contribution < -0.4 is 10.5 Å². The molecule has 3 aromatic rings. The first kappa shape index (κ1) is 22.2. The van der Waals surface area contributed by atoms with E-state index in [-0.39, 0.29) is 29.6 Å². The molecule has 0 unspecified atom stereocenters. The Morgan fingerprint density at radius 1 is 1.16 bits per heavy atom. The molecule has 0 aliphatic carbocycles. The van der Waals surface area contributed by atoms with E-state index in [0.29, 0.717) is 21.8 Å². The Hall–Kier alpha value is -3.02. The Labute approximate surface area is 187 Å². The molecule has 4 rings (SSSR count). The smallest absolute Gasteiger partial charge is 0.387 e. The number of rotatable bonds is 6. The van der Waals surface area contributed by atoms with E-state index in [1.807, 2.05) is 0 Å². The first-order chi connectivity index (χ1) is 15.1. The standard InChI is InChI=1S/C20H17ClF2N4O4S/c21-14-3-1-2-12(8-14)18(24)19(28)26-9-13-10-27(25-17(13)11-26)32(29,30)16-6-4-15(5-7-16)31-20(22)23/h1-8,10,18,20H,9,11,24H2/t18-/m1/s1. The largest absolute Gasteiger partial charge is 0.435 e. The molecule has 2 aromatic carbocycles. The van der Waals surface area contributed by atoms with E-state index < -0.39 is 22.7 Å². The molecule has 0 fully saturated rings. The molecule has 1 aliphatic rings. The van der Waals surface area contributed by atoms with Gasteiger partial charge in [-0.2, -0.15) is 26.4 Å². The fraction of sp³-hybridized carbons (Fsp3) is 0.200. The Kier molecular flexibility index (Phi) is 5.89. The zero-order valence-electron chi connectivity index (χ0n) is 16.4. The van der Waals surface area contributed by atoms with Gasteiger partial charge in [-0.15, -0.1) is 0 Å². The molecular weight excluding hydrogens is 466 g/mol. The van der Waals surface area contributed by atoms with Gasteiger partial charge in [0.2, 0.25) is 5.91 Å². The van der Waals surface area contributed by atoms with Crippen molar-refractivity contribution in [1.82, 2.24) is 14.1 Å². The van der Waals surface area contributed by atoms with Gasteiger partial charge in [-0.1, -0.05) is 23.7 Å². The number of amides is 1. The number of ether oxygens (including phenoxy) is 1. The van der Waals surface area contributed by atoms with Crippen LogP contribution >= 0.6 is 11.6 Å². The molecule has 32 heavy (non-hydrogen) atoms. The highest BCUT2D eigenvalue weighted by atomic mass is 35.5. The maximum Gasteiger partial charge on any atom is 0.387 e. The van der Waals surface area contributed by atoms with Crippen LogP contribution in [0.2, 0.25) is 5.02 Å². The summed E-state index contributed by atoms with van der Waals surface area (Å²) < 4.78 is 55.2. The summed E-state index contributed by atoms with van der Waals surface area (Å²) in [6.45, 7) is -2.75. The Balaban J connectivity index is 1.49. The van der Waals surface area contributed by atoms with Gasteiger partial charge in [-0.05, 0) is 42.0 Å². The molecule has 1 amide bonds. The van der Waals surface area contributed by atoms with Gasteiger partial charge in [0, 0.05) is 23.3 Å². The quantitative estimate of drug-likeness (QED) is 0.579. The van der Waals surface area contributed by atoms with Gasteiger partial charge in [0.1, 0.15) is 11.8 Å². The Bertz CT molecular complexity index is 1240. The van der Waals surface area contributed by atoms with E-state index in [9.17, 15) is 22.0 Å².